The highest BCUT2D eigenvalue weighted by atomic mass is 35.5. The first-order chi connectivity index (χ1) is 13.3. The summed E-state index contributed by atoms with van der Waals surface area (Å²) in [5.74, 6) is -0.342. The lowest BCUT2D eigenvalue weighted by Crippen LogP contribution is -2.41. The first-order valence-electron chi connectivity index (χ1n) is 9.38. The number of aryl methyl sites for hydroxylation is 2. The van der Waals surface area contributed by atoms with Gasteiger partial charge in [-0.15, -0.1) is 0 Å². The number of hydrogen-bond acceptors (Lipinski definition) is 3. The minimum absolute atomic E-state index is 0.135. The minimum Gasteiger partial charge on any atom is -0.355 e. The van der Waals surface area contributed by atoms with Crippen molar-refractivity contribution >= 4 is 33.2 Å². The number of hydrogen-bond donors (Lipinski definition) is 1. The minimum atomic E-state index is -3.93. The SMILES string of the molecule is CCCCCNC(=O)CN(c1cc(Cl)ccc1C)S(=O)(=O)c1ccc(C)cc1. The lowest BCUT2D eigenvalue weighted by molar-refractivity contribution is -0.119. The van der Waals surface area contributed by atoms with Gasteiger partial charge in [0.25, 0.3) is 10.0 Å². The quantitative estimate of drug-likeness (QED) is 0.606. The van der Waals surface area contributed by atoms with E-state index in [1.807, 2.05) is 6.92 Å². The third-order valence-corrected chi connectivity index (χ3v) is 6.45. The van der Waals surface area contributed by atoms with Crippen LogP contribution in [0.25, 0.3) is 0 Å². The van der Waals surface area contributed by atoms with Crippen LogP contribution in [0.4, 0.5) is 5.69 Å². The van der Waals surface area contributed by atoms with E-state index in [1.54, 1.807) is 49.4 Å². The fourth-order valence-corrected chi connectivity index (χ4v) is 4.42. The highest BCUT2D eigenvalue weighted by Crippen LogP contribution is 2.29. The van der Waals surface area contributed by atoms with Crippen LogP contribution in [0.5, 0.6) is 0 Å². The third kappa shape index (κ3) is 5.72. The summed E-state index contributed by atoms with van der Waals surface area (Å²) in [6.45, 7) is 5.99. The lowest BCUT2D eigenvalue weighted by atomic mass is 10.2. The zero-order valence-electron chi connectivity index (χ0n) is 16.5. The number of carbonyl (C=O) groups is 1. The number of anilines is 1. The van der Waals surface area contributed by atoms with Crippen molar-refractivity contribution in [3.8, 4) is 0 Å². The summed E-state index contributed by atoms with van der Waals surface area (Å²) in [6, 6.07) is 11.6. The topological polar surface area (TPSA) is 66.5 Å². The van der Waals surface area contributed by atoms with Gasteiger partial charge in [0.15, 0.2) is 0 Å². The number of nitrogens with one attached hydrogen (secondary N) is 1. The van der Waals surface area contributed by atoms with Gasteiger partial charge in [-0.05, 0) is 50.1 Å². The van der Waals surface area contributed by atoms with Crippen LogP contribution >= 0.6 is 11.6 Å². The Labute approximate surface area is 172 Å². The second-order valence-corrected chi connectivity index (χ2v) is 9.11. The normalized spacial score (nSPS) is 11.3. The second kappa shape index (κ2) is 9.94. The Balaban J connectivity index is 2.37. The maximum Gasteiger partial charge on any atom is 0.264 e. The van der Waals surface area contributed by atoms with Gasteiger partial charge in [0.2, 0.25) is 5.91 Å². The lowest BCUT2D eigenvalue weighted by Gasteiger charge is -2.26. The summed E-state index contributed by atoms with van der Waals surface area (Å²) in [6.07, 6.45) is 2.92. The molecule has 0 spiro atoms. The molecule has 0 aliphatic carbocycles. The number of unbranched alkanes of at least 4 members (excludes halogenated alkanes) is 2. The molecular weight excluding hydrogens is 396 g/mol. The fraction of sp³-hybridized carbons (Fsp3) is 0.381. The van der Waals surface area contributed by atoms with Crippen LogP contribution < -0.4 is 9.62 Å². The van der Waals surface area contributed by atoms with Crippen LogP contribution in [0.1, 0.15) is 37.3 Å². The van der Waals surface area contributed by atoms with Gasteiger partial charge >= 0.3 is 0 Å². The Hall–Kier alpha value is -2.05. The van der Waals surface area contributed by atoms with Crippen LogP contribution in [0.15, 0.2) is 47.4 Å². The van der Waals surface area contributed by atoms with Crippen LogP contribution in [-0.2, 0) is 14.8 Å². The standard InChI is InChI=1S/C21H27ClN2O3S/c1-4-5-6-13-23-21(25)15-24(20-14-18(22)10-9-17(20)3)28(26,27)19-11-7-16(2)8-12-19/h7-12,14H,4-6,13,15H2,1-3H3,(H,23,25). The van der Waals surface area contributed by atoms with Gasteiger partial charge in [-0.25, -0.2) is 8.42 Å². The molecule has 0 aliphatic rings. The summed E-state index contributed by atoms with van der Waals surface area (Å²) in [5.41, 5.74) is 2.08. The molecular formula is C21H27ClN2O3S. The molecule has 0 heterocycles. The first-order valence-corrected chi connectivity index (χ1v) is 11.2. The van der Waals surface area contributed by atoms with Gasteiger partial charge in [0.05, 0.1) is 10.6 Å². The van der Waals surface area contributed by atoms with Crippen molar-refractivity contribution in [2.45, 2.75) is 44.9 Å². The van der Waals surface area contributed by atoms with E-state index in [0.717, 1.165) is 34.7 Å². The van der Waals surface area contributed by atoms with E-state index in [-0.39, 0.29) is 17.3 Å². The molecule has 5 nitrogen and oxygen atoms in total. The van der Waals surface area contributed by atoms with Crippen molar-refractivity contribution in [1.82, 2.24) is 5.32 Å². The van der Waals surface area contributed by atoms with E-state index < -0.39 is 10.0 Å². The number of sulfonamides is 1. The average molecular weight is 423 g/mol. The predicted molar refractivity (Wildman–Crippen MR) is 114 cm³/mol. The molecule has 0 radical (unpaired) electrons. The summed E-state index contributed by atoms with van der Waals surface area (Å²) < 4.78 is 27.8. The molecule has 0 fully saturated rings. The number of carbonyl (C=O) groups excluding carboxylic acids is 1. The van der Waals surface area contributed by atoms with E-state index in [2.05, 4.69) is 12.2 Å². The number of rotatable bonds is 9. The third-order valence-electron chi connectivity index (χ3n) is 4.44. The summed E-state index contributed by atoms with van der Waals surface area (Å²) >= 11 is 6.11. The van der Waals surface area contributed by atoms with Gasteiger partial charge in [-0.2, -0.15) is 0 Å². The van der Waals surface area contributed by atoms with Gasteiger partial charge < -0.3 is 5.32 Å². The summed E-state index contributed by atoms with van der Waals surface area (Å²) in [4.78, 5) is 12.6. The molecule has 7 heteroatoms. The van der Waals surface area contributed by atoms with Crippen molar-refractivity contribution < 1.29 is 13.2 Å². The van der Waals surface area contributed by atoms with Crippen LogP contribution in [-0.4, -0.2) is 27.4 Å². The molecule has 0 unspecified atom stereocenters. The van der Waals surface area contributed by atoms with E-state index in [0.29, 0.717) is 17.3 Å². The number of nitrogens with zero attached hydrogens (tertiary/aromatic N) is 1. The molecule has 0 aromatic heterocycles. The van der Waals surface area contributed by atoms with Crippen molar-refractivity contribution in [1.29, 1.82) is 0 Å². The van der Waals surface area contributed by atoms with E-state index >= 15 is 0 Å². The molecule has 0 atom stereocenters. The Morgan fingerprint density at radius 3 is 2.39 bits per heavy atom. The first kappa shape index (κ1) is 22.2. The fourth-order valence-electron chi connectivity index (χ4n) is 2.78. The van der Waals surface area contributed by atoms with Crippen molar-refractivity contribution in [2.75, 3.05) is 17.4 Å². The maximum atomic E-state index is 13.3. The molecule has 1 amide bonds. The van der Waals surface area contributed by atoms with Crippen LogP contribution in [0, 0.1) is 13.8 Å². The van der Waals surface area contributed by atoms with Gasteiger partial charge in [0, 0.05) is 11.6 Å². The van der Waals surface area contributed by atoms with Gasteiger partial charge in [0.1, 0.15) is 6.54 Å². The number of halogens is 1. The molecule has 2 rings (SSSR count). The summed E-state index contributed by atoms with van der Waals surface area (Å²) in [5, 5.41) is 3.22. The Morgan fingerprint density at radius 1 is 1.07 bits per heavy atom. The largest absolute Gasteiger partial charge is 0.355 e. The Morgan fingerprint density at radius 2 is 1.75 bits per heavy atom. The van der Waals surface area contributed by atoms with E-state index in [1.165, 1.54) is 0 Å². The molecule has 2 aromatic rings. The molecule has 2 aromatic carbocycles. The van der Waals surface area contributed by atoms with E-state index in [4.69, 9.17) is 11.6 Å². The maximum absolute atomic E-state index is 13.3. The van der Waals surface area contributed by atoms with Crippen molar-refractivity contribution in [3.05, 3.63) is 58.6 Å². The monoisotopic (exact) mass is 422 g/mol. The number of amides is 1. The molecule has 28 heavy (non-hydrogen) atoms. The molecule has 0 aliphatic heterocycles. The molecule has 0 saturated carbocycles. The Kier molecular flexibility index (Phi) is 7.89. The molecule has 1 N–H and O–H groups in total. The van der Waals surface area contributed by atoms with E-state index in [9.17, 15) is 13.2 Å². The second-order valence-electron chi connectivity index (χ2n) is 6.81. The summed E-state index contributed by atoms with van der Waals surface area (Å²) in [7, 11) is -3.93. The zero-order chi connectivity index (χ0) is 20.7. The highest BCUT2D eigenvalue weighted by molar-refractivity contribution is 7.92. The zero-order valence-corrected chi connectivity index (χ0v) is 18.1. The van der Waals surface area contributed by atoms with Gasteiger partial charge in [-0.1, -0.05) is 55.1 Å². The van der Waals surface area contributed by atoms with Crippen LogP contribution in [0.2, 0.25) is 5.02 Å². The van der Waals surface area contributed by atoms with Crippen molar-refractivity contribution in [3.63, 3.8) is 0 Å². The molecule has 0 bridgehead atoms. The number of benzene rings is 2. The highest BCUT2D eigenvalue weighted by Gasteiger charge is 2.28. The average Bonchev–Trinajstić information content (AvgIpc) is 2.65. The molecule has 152 valence electrons. The van der Waals surface area contributed by atoms with Crippen LogP contribution in [0.3, 0.4) is 0 Å². The Bertz CT molecular complexity index is 912. The predicted octanol–water partition coefficient (Wildman–Crippen LogP) is 4.46. The smallest absolute Gasteiger partial charge is 0.264 e. The van der Waals surface area contributed by atoms with Gasteiger partial charge in [-0.3, -0.25) is 9.10 Å². The molecule has 0 saturated heterocycles. The van der Waals surface area contributed by atoms with Crippen molar-refractivity contribution in [2.24, 2.45) is 0 Å².